The number of anilines is 1. The second-order valence-electron chi connectivity index (χ2n) is 6.45. The zero-order valence-corrected chi connectivity index (χ0v) is 15.6. The molecule has 136 valence electrons. The fourth-order valence-electron chi connectivity index (χ4n) is 3.28. The Balaban J connectivity index is 1.80. The van der Waals surface area contributed by atoms with Crippen LogP contribution in [0.5, 0.6) is 0 Å². The van der Waals surface area contributed by atoms with Crippen molar-refractivity contribution in [1.29, 1.82) is 0 Å². The van der Waals surface area contributed by atoms with Gasteiger partial charge in [0.25, 0.3) is 5.56 Å². The molecule has 0 spiro atoms. The number of amides is 1. The lowest BCUT2D eigenvalue weighted by Crippen LogP contribution is -2.23. The molecule has 6 nitrogen and oxygen atoms in total. The highest BCUT2D eigenvalue weighted by Gasteiger charge is 2.16. The first-order chi connectivity index (χ1) is 12.9. The molecule has 7 heteroatoms. The number of benzene rings is 2. The SMILES string of the molecule is Cc1ccc(Cl)cc1NC(=O)Cn1c2ccccc2c2nc(=O)cc(C)n21. The van der Waals surface area contributed by atoms with Crippen molar-refractivity contribution in [3.05, 3.63) is 75.2 Å². The van der Waals surface area contributed by atoms with E-state index in [2.05, 4.69) is 10.3 Å². The second kappa shape index (κ2) is 6.55. The van der Waals surface area contributed by atoms with E-state index in [1.54, 1.807) is 16.6 Å². The van der Waals surface area contributed by atoms with Crippen LogP contribution >= 0.6 is 11.6 Å². The number of aryl methyl sites for hydroxylation is 2. The molecule has 0 atom stereocenters. The number of nitrogens with zero attached hydrogens (tertiary/aromatic N) is 3. The predicted octanol–water partition coefficient (Wildman–Crippen LogP) is 3.56. The molecule has 4 aromatic rings. The lowest BCUT2D eigenvalue weighted by atomic mass is 10.2. The quantitative estimate of drug-likeness (QED) is 0.591. The number of nitrogens with one attached hydrogen (secondary N) is 1. The Bertz CT molecular complexity index is 1260. The van der Waals surface area contributed by atoms with Gasteiger partial charge in [-0.05, 0) is 43.7 Å². The summed E-state index contributed by atoms with van der Waals surface area (Å²) in [5.74, 6) is -0.193. The first-order valence-electron chi connectivity index (χ1n) is 8.48. The Morgan fingerprint density at radius 1 is 1.15 bits per heavy atom. The number of hydrogen-bond donors (Lipinski definition) is 1. The highest BCUT2D eigenvalue weighted by molar-refractivity contribution is 6.31. The lowest BCUT2D eigenvalue weighted by molar-refractivity contribution is -0.116. The van der Waals surface area contributed by atoms with Crippen molar-refractivity contribution < 1.29 is 4.79 Å². The van der Waals surface area contributed by atoms with Crippen molar-refractivity contribution in [3.8, 4) is 0 Å². The number of halogens is 1. The molecule has 2 heterocycles. The van der Waals surface area contributed by atoms with E-state index in [-0.39, 0.29) is 18.0 Å². The third kappa shape index (κ3) is 3.08. The summed E-state index contributed by atoms with van der Waals surface area (Å²) in [6.45, 7) is 3.80. The highest BCUT2D eigenvalue weighted by atomic mass is 35.5. The molecule has 1 N–H and O–H groups in total. The van der Waals surface area contributed by atoms with Crippen molar-refractivity contribution in [2.24, 2.45) is 0 Å². The van der Waals surface area contributed by atoms with Crippen molar-refractivity contribution in [2.45, 2.75) is 20.4 Å². The smallest absolute Gasteiger partial charge is 0.273 e. The fourth-order valence-corrected chi connectivity index (χ4v) is 3.45. The summed E-state index contributed by atoms with van der Waals surface area (Å²) in [6, 6.07) is 14.4. The van der Waals surface area contributed by atoms with E-state index in [1.165, 1.54) is 6.07 Å². The number of carbonyl (C=O) groups is 1. The van der Waals surface area contributed by atoms with E-state index in [1.807, 2.05) is 48.9 Å². The molecule has 2 aromatic carbocycles. The molecule has 0 aliphatic rings. The molecule has 0 saturated carbocycles. The van der Waals surface area contributed by atoms with Crippen LogP contribution in [0.15, 0.2) is 53.3 Å². The number of aromatic nitrogens is 3. The molecule has 0 bridgehead atoms. The number of rotatable bonds is 3. The maximum atomic E-state index is 12.7. The van der Waals surface area contributed by atoms with Gasteiger partial charge in [0.1, 0.15) is 6.54 Å². The fraction of sp³-hybridized carbons (Fsp3) is 0.150. The number of fused-ring (bicyclic) bond motifs is 3. The standard InChI is InChI=1S/C20H17ClN4O2/c1-12-7-8-14(21)10-16(12)22-19(27)11-24-17-6-4-3-5-15(17)20-23-18(26)9-13(2)25(20)24/h3-10H,11H2,1-2H3,(H,22,27). The van der Waals surface area contributed by atoms with Crippen LogP contribution in [0.2, 0.25) is 5.02 Å². The van der Waals surface area contributed by atoms with E-state index >= 15 is 0 Å². The van der Waals surface area contributed by atoms with Gasteiger partial charge in [0.2, 0.25) is 5.91 Å². The van der Waals surface area contributed by atoms with Crippen LogP contribution in [0.3, 0.4) is 0 Å². The molecule has 0 radical (unpaired) electrons. The van der Waals surface area contributed by atoms with Crippen LogP contribution < -0.4 is 10.9 Å². The molecule has 27 heavy (non-hydrogen) atoms. The molecule has 2 aromatic heterocycles. The van der Waals surface area contributed by atoms with Crippen molar-refractivity contribution in [3.63, 3.8) is 0 Å². The normalized spacial score (nSPS) is 11.2. The summed E-state index contributed by atoms with van der Waals surface area (Å²) in [4.78, 5) is 28.7. The average Bonchev–Trinajstić information content (AvgIpc) is 2.92. The van der Waals surface area contributed by atoms with Crippen molar-refractivity contribution in [1.82, 2.24) is 14.2 Å². The Morgan fingerprint density at radius 3 is 2.74 bits per heavy atom. The van der Waals surface area contributed by atoms with Crippen LogP contribution in [-0.2, 0) is 11.3 Å². The molecule has 0 aliphatic carbocycles. The van der Waals surface area contributed by atoms with Gasteiger partial charge in [-0.25, -0.2) is 4.52 Å². The van der Waals surface area contributed by atoms with Gasteiger partial charge in [-0.1, -0.05) is 29.8 Å². The topological polar surface area (TPSA) is 68.4 Å². The number of hydrogen-bond acceptors (Lipinski definition) is 3. The first-order valence-corrected chi connectivity index (χ1v) is 8.86. The van der Waals surface area contributed by atoms with E-state index in [9.17, 15) is 9.59 Å². The number of carbonyl (C=O) groups excluding carboxylic acids is 1. The van der Waals surface area contributed by atoms with Crippen LogP contribution in [0, 0.1) is 13.8 Å². The molecule has 4 rings (SSSR count). The van der Waals surface area contributed by atoms with Crippen molar-refractivity contribution >= 4 is 39.7 Å². The van der Waals surface area contributed by atoms with Crippen LogP contribution in [0.25, 0.3) is 16.6 Å². The van der Waals surface area contributed by atoms with Crippen LogP contribution in [0.1, 0.15) is 11.3 Å². The van der Waals surface area contributed by atoms with Gasteiger partial charge < -0.3 is 5.32 Å². The zero-order chi connectivity index (χ0) is 19.1. The third-order valence-electron chi connectivity index (χ3n) is 4.51. The van der Waals surface area contributed by atoms with Crippen molar-refractivity contribution in [2.75, 3.05) is 5.32 Å². The minimum Gasteiger partial charge on any atom is -0.324 e. The average molecular weight is 381 g/mol. The summed E-state index contributed by atoms with van der Waals surface area (Å²) in [6.07, 6.45) is 0. The summed E-state index contributed by atoms with van der Waals surface area (Å²) >= 11 is 6.04. The molecule has 0 saturated heterocycles. The summed E-state index contributed by atoms with van der Waals surface area (Å²) in [5, 5.41) is 4.29. The van der Waals surface area contributed by atoms with Gasteiger partial charge in [-0.3, -0.25) is 14.3 Å². The molecular formula is C20H17ClN4O2. The zero-order valence-electron chi connectivity index (χ0n) is 14.9. The highest BCUT2D eigenvalue weighted by Crippen LogP contribution is 2.23. The monoisotopic (exact) mass is 380 g/mol. The Labute approximate surface area is 160 Å². The molecular weight excluding hydrogens is 364 g/mol. The molecule has 1 amide bonds. The summed E-state index contributed by atoms with van der Waals surface area (Å²) in [7, 11) is 0. The van der Waals surface area contributed by atoms with E-state index < -0.39 is 0 Å². The predicted molar refractivity (Wildman–Crippen MR) is 107 cm³/mol. The molecule has 0 aliphatic heterocycles. The van der Waals surface area contributed by atoms with Gasteiger partial charge in [-0.2, -0.15) is 4.98 Å². The minimum atomic E-state index is -0.297. The number of para-hydroxylation sites is 1. The largest absolute Gasteiger partial charge is 0.324 e. The minimum absolute atomic E-state index is 0.0708. The second-order valence-corrected chi connectivity index (χ2v) is 6.89. The van der Waals surface area contributed by atoms with Crippen LogP contribution in [0.4, 0.5) is 5.69 Å². The maximum absolute atomic E-state index is 12.7. The Morgan fingerprint density at radius 2 is 1.93 bits per heavy atom. The van der Waals surface area contributed by atoms with E-state index in [4.69, 9.17) is 11.6 Å². The maximum Gasteiger partial charge on any atom is 0.273 e. The van der Waals surface area contributed by atoms with Gasteiger partial charge in [0.15, 0.2) is 5.65 Å². The van der Waals surface area contributed by atoms with Gasteiger partial charge in [-0.15, -0.1) is 0 Å². The van der Waals surface area contributed by atoms with E-state index in [0.717, 1.165) is 16.5 Å². The van der Waals surface area contributed by atoms with E-state index in [0.29, 0.717) is 22.1 Å². The lowest BCUT2D eigenvalue weighted by Gasteiger charge is -2.12. The van der Waals surface area contributed by atoms with Gasteiger partial charge in [0.05, 0.1) is 5.52 Å². The van der Waals surface area contributed by atoms with Crippen LogP contribution in [-0.4, -0.2) is 20.1 Å². The summed E-state index contributed by atoms with van der Waals surface area (Å²) < 4.78 is 3.62. The van der Waals surface area contributed by atoms with Gasteiger partial charge >= 0.3 is 0 Å². The van der Waals surface area contributed by atoms with Gasteiger partial charge in [0, 0.05) is 27.9 Å². The molecule has 0 fully saturated rings. The third-order valence-corrected chi connectivity index (χ3v) is 4.75. The summed E-state index contributed by atoms with van der Waals surface area (Å²) in [5.41, 5.74) is 3.40. The Hall–Kier alpha value is -3.12. The Kier molecular flexibility index (Phi) is 4.20. The first kappa shape index (κ1) is 17.3. The molecule has 0 unspecified atom stereocenters.